The summed E-state index contributed by atoms with van der Waals surface area (Å²) in [6, 6.07) is 12.1. The number of anilines is 1. The summed E-state index contributed by atoms with van der Waals surface area (Å²) in [7, 11) is 0. The van der Waals surface area contributed by atoms with Crippen LogP contribution in [0.5, 0.6) is 0 Å². The van der Waals surface area contributed by atoms with Crippen LogP contribution in [0.15, 0.2) is 42.5 Å². The molecule has 1 atom stereocenters. The number of amides is 3. The molecular weight excluding hydrogens is 411 g/mol. The van der Waals surface area contributed by atoms with E-state index < -0.39 is 34.8 Å². The third-order valence-electron chi connectivity index (χ3n) is 5.28. The molecule has 0 spiro atoms. The van der Waals surface area contributed by atoms with Gasteiger partial charge in [-0.25, -0.2) is 9.69 Å². The Bertz CT molecular complexity index is 1090. The number of nitrogens with zero attached hydrogens (tertiary/aromatic N) is 3. The number of benzene rings is 2. The van der Waals surface area contributed by atoms with E-state index in [0.717, 1.165) is 17.0 Å². The quantitative estimate of drug-likeness (QED) is 0.673. The number of halogens is 3. The summed E-state index contributed by atoms with van der Waals surface area (Å²) >= 11 is 0. The van der Waals surface area contributed by atoms with Crippen LogP contribution in [0.2, 0.25) is 0 Å². The molecule has 6 nitrogen and oxygen atoms in total. The molecule has 9 heteroatoms. The van der Waals surface area contributed by atoms with Gasteiger partial charge in [-0.15, -0.1) is 0 Å². The van der Waals surface area contributed by atoms with Crippen LogP contribution in [0, 0.1) is 17.4 Å². The summed E-state index contributed by atoms with van der Waals surface area (Å²) in [5, 5.41) is 9.00. The maximum absolute atomic E-state index is 13.4. The number of hydrogen-bond donors (Lipinski definition) is 0. The largest absolute Gasteiger partial charge is 0.417 e. The topological polar surface area (TPSA) is 81.5 Å². The summed E-state index contributed by atoms with van der Waals surface area (Å²) in [5.41, 5.74) is -3.44. The highest BCUT2D eigenvalue weighted by Gasteiger charge is 2.56. The lowest BCUT2D eigenvalue weighted by atomic mass is 9.90. The first kappa shape index (κ1) is 22.0. The second-order valence-corrected chi connectivity index (χ2v) is 7.10. The van der Waals surface area contributed by atoms with Gasteiger partial charge < -0.3 is 0 Å². The fraction of sp³-hybridized carbons (Fsp3) is 0.273. The average Bonchev–Trinajstić information content (AvgIpc) is 2.94. The Morgan fingerprint density at radius 3 is 2.39 bits per heavy atom. The van der Waals surface area contributed by atoms with Crippen LogP contribution in [0.4, 0.5) is 23.7 Å². The highest BCUT2D eigenvalue weighted by molar-refractivity contribution is 6.23. The number of nitriles is 1. The smallest absolute Gasteiger partial charge is 0.298 e. The number of imide groups is 1. The van der Waals surface area contributed by atoms with Crippen molar-refractivity contribution in [3.8, 4) is 6.07 Å². The monoisotopic (exact) mass is 428 g/mol. The molecule has 1 unspecified atom stereocenters. The van der Waals surface area contributed by atoms with Crippen molar-refractivity contribution in [3.05, 3.63) is 65.2 Å². The molecule has 0 bridgehead atoms. The number of ketones is 1. The van der Waals surface area contributed by atoms with Crippen molar-refractivity contribution in [2.75, 3.05) is 11.4 Å². The minimum absolute atomic E-state index is 0.117. The summed E-state index contributed by atoms with van der Waals surface area (Å²) in [5.74, 6) is -1.11. The summed E-state index contributed by atoms with van der Waals surface area (Å²) in [4.78, 5) is 40.4. The van der Waals surface area contributed by atoms with Crippen LogP contribution in [-0.2, 0) is 21.3 Å². The summed E-state index contributed by atoms with van der Waals surface area (Å²) in [6.07, 6.45) is -4.74. The predicted octanol–water partition coefficient (Wildman–Crippen LogP) is 4.04. The molecule has 31 heavy (non-hydrogen) atoms. The molecule has 1 radical (unpaired) electrons. The van der Waals surface area contributed by atoms with Crippen molar-refractivity contribution < 1.29 is 27.6 Å². The van der Waals surface area contributed by atoms with Crippen LogP contribution in [0.3, 0.4) is 0 Å². The molecule has 2 aromatic rings. The highest BCUT2D eigenvalue weighted by Crippen LogP contribution is 2.41. The van der Waals surface area contributed by atoms with Crippen molar-refractivity contribution in [3.63, 3.8) is 0 Å². The molecule has 1 aliphatic rings. The second-order valence-electron chi connectivity index (χ2n) is 7.10. The van der Waals surface area contributed by atoms with E-state index in [-0.39, 0.29) is 24.4 Å². The van der Waals surface area contributed by atoms with Gasteiger partial charge in [0.05, 0.1) is 29.4 Å². The Hall–Kier alpha value is -3.67. The van der Waals surface area contributed by atoms with E-state index in [1.165, 1.54) is 25.1 Å². The fourth-order valence-electron chi connectivity index (χ4n) is 3.47. The van der Waals surface area contributed by atoms with Gasteiger partial charge >= 0.3 is 12.2 Å². The number of carbonyl (C=O) groups is 3. The zero-order valence-electron chi connectivity index (χ0n) is 16.7. The second kappa shape index (κ2) is 7.87. The van der Waals surface area contributed by atoms with Crippen LogP contribution < -0.4 is 4.90 Å². The first-order valence-electron chi connectivity index (χ1n) is 9.31. The number of urea groups is 1. The highest BCUT2D eigenvalue weighted by atomic mass is 19.4. The van der Waals surface area contributed by atoms with Crippen LogP contribution in [-0.4, -0.2) is 29.2 Å². The third kappa shape index (κ3) is 3.65. The SMILES string of the molecule is CCC(=O)CN1C(=O)N(c2ccc(C#N)c(C(F)(F)F)c2)C(=O)C1(C)c1cc[c]cc1. The number of hydrogen-bond acceptors (Lipinski definition) is 4. The minimum atomic E-state index is -4.86. The van der Waals surface area contributed by atoms with Gasteiger partial charge in [-0.2, -0.15) is 18.4 Å². The molecule has 3 rings (SSSR count). The molecule has 0 N–H and O–H groups in total. The maximum atomic E-state index is 13.4. The average molecular weight is 428 g/mol. The number of alkyl halides is 3. The fourth-order valence-corrected chi connectivity index (χ4v) is 3.47. The van der Waals surface area contributed by atoms with E-state index in [2.05, 4.69) is 6.07 Å². The lowest BCUT2D eigenvalue weighted by molar-refractivity contribution is -0.137. The number of Topliss-reactive ketones (excluding diaryl/α,β-unsaturated/α-hetero) is 1. The lowest BCUT2D eigenvalue weighted by Crippen LogP contribution is -2.46. The van der Waals surface area contributed by atoms with Crippen molar-refractivity contribution in [2.45, 2.75) is 32.0 Å². The van der Waals surface area contributed by atoms with E-state index in [0.29, 0.717) is 16.5 Å². The molecule has 1 saturated heterocycles. The summed E-state index contributed by atoms with van der Waals surface area (Å²) < 4.78 is 40.2. The Balaban J connectivity index is 2.17. The van der Waals surface area contributed by atoms with Gasteiger partial charge in [-0.3, -0.25) is 14.5 Å². The molecule has 1 aliphatic heterocycles. The van der Waals surface area contributed by atoms with Crippen molar-refractivity contribution in [1.29, 1.82) is 5.26 Å². The predicted molar refractivity (Wildman–Crippen MR) is 104 cm³/mol. The molecule has 0 aliphatic carbocycles. The zero-order valence-corrected chi connectivity index (χ0v) is 16.7. The van der Waals surface area contributed by atoms with Crippen molar-refractivity contribution in [2.24, 2.45) is 0 Å². The maximum Gasteiger partial charge on any atom is 0.417 e. The number of rotatable bonds is 5. The van der Waals surface area contributed by atoms with Gasteiger partial charge in [0.1, 0.15) is 5.54 Å². The van der Waals surface area contributed by atoms with E-state index in [4.69, 9.17) is 5.26 Å². The van der Waals surface area contributed by atoms with E-state index >= 15 is 0 Å². The van der Waals surface area contributed by atoms with Crippen LogP contribution in [0.1, 0.15) is 37.0 Å². The molecular formula is C22H17F3N3O3. The Kier molecular flexibility index (Phi) is 5.59. The molecule has 1 fully saturated rings. The van der Waals surface area contributed by atoms with Crippen LogP contribution >= 0.6 is 0 Å². The Morgan fingerprint density at radius 1 is 1.19 bits per heavy atom. The van der Waals surface area contributed by atoms with Gasteiger partial charge in [0.2, 0.25) is 0 Å². The molecule has 0 saturated carbocycles. The molecule has 0 aromatic heterocycles. The first-order valence-corrected chi connectivity index (χ1v) is 9.31. The van der Waals surface area contributed by atoms with Crippen molar-refractivity contribution >= 4 is 23.4 Å². The zero-order chi connectivity index (χ0) is 23.0. The van der Waals surface area contributed by atoms with Gasteiger partial charge in [0.15, 0.2) is 5.78 Å². The van der Waals surface area contributed by atoms with Crippen molar-refractivity contribution in [1.82, 2.24) is 4.90 Å². The third-order valence-corrected chi connectivity index (χ3v) is 5.28. The van der Waals surface area contributed by atoms with E-state index in [9.17, 15) is 27.6 Å². The summed E-state index contributed by atoms with van der Waals surface area (Å²) in [6.45, 7) is 2.67. The van der Waals surface area contributed by atoms with E-state index in [1.54, 1.807) is 19.1 Å². The van der Waals surface area contributed by atoms with Gasteiger partial charge in [-0.1, -0.05) is 31.2 Å². The molecule has 2 aromatic carbocycles. The minimum Gasteiger partial charge on any atom is -0.298 e. The Labute approximate surface area is 176 Å². The normalized spacial score (nSPS) is 19.0. The lowest BCUT2D eigenvalue weighted by Gasteiger charge is -2.31. The van der Waals surface area contributed by atoms with Crippen LogP contribution in [0.25, 0.3) is 0 Å². The first-order chi connectivity index (χ1) is 14.6. The molecule has 1 heterocycles. The van der Waals surface area contributed by atoms with Gasteiger partial charge in [-0.05, 0) is 36.8 Å². The Morgan fingerprint density at radius 2 is 1.84 bits per heavy atom. The molecule has 159 valence electrons. The van der Waals surface area contributed by atoms with Gasteiger partial charge in [0, 0.05) is 6.42 Å². The standard InChI is InChI=1S/C22H17F3N3O3/c1-3-17(29)13-27-20(31)28(19(30)21(27,2)15-7-5-4-6-8-15)16-10-9-14(12-26)18(11-16)22(23,24)25/h5-11H,3,13H2,1-2H3. The van der Waals surface area contributed by atoms with E-state index in [1.807, 2.05) is 0 Å². The number of carbonyl (C=O) groups excluding carboxylic acids is 3. The van der Waals surface area contributed by atoms with Gasteiger partial charge in [0.25, 0.3) is 5.91 Å². The molecule has 3 amide bonds.